The van der Waals surface area contributed by atoms with E-state index in [1.807, 2.05) is 12.1 Å². The average Bonchev–Trinajstić information content (AvgIpc) is 3.55. The molecular formula is C49H35NO. The number of fused-ring (bicyclic) bond motifs is 2. The standard InChI is InChI=1S/C49H35NO/c1-34-45-18-8-10-21-48(45)51-49(34)42-16-11-17-44(33-42)50(43-30-28-38(29-31-43)41-27-24-36-14-5-6-15-40(36)32-41)47-20-9-7-19-46(47)39-25-22-37(23-26-39)35-12-3-2-4-13-35/h2-33H,1H3. The van der Waals surface area contributed by atoms with Gasteiger partial charge in [-0.15, -0.1) is 0 Å². The van der Waals surface area contributed by atoms with Gasteiger partial charge in [0.1, 0.15) is 11.3 Å². The average molecular weight is 654 g/mol. The van der Waals surface area contributed by atoms with Crippen molar-refractivity contribution in [2.75, 3.05) is 4.90 Å². The number of hydrogen-bond acceptors (Lipinski definition) is 2. The molecule has 0 aliphatic carbocycles. The number of rotatable bonds is 7. The van der Waals surface area contributed by atoms with E-state index in [-0.39, 0.29) is 0 Å². The first-order chi connectivity index (χ1) is 25.2. The van der Waals surface area contributed by atoms with Crippen molar-refractivity contribution in [2.45, 2.75) is 6.92 Å². The fourth-order valence-corrected chi connectivity index (χ4v) is 7.22. The van der Waals surface area contributed by atoms with E-state index in [2.05, 4.69) is 194 Å². The molecule has 0 amide bonds. The highest BCUT2D eigenvalue weighted by molar-refractivity contribution is 5.92. The predicted molar refractivity (Wildman–Crippen MR) is 215 cm³/mol. The van der Waals surface area contributed by atoms with Gasteiger partial charge in [-0.25, -0.2) is 0 Å². The first-order valence-corrected chi connectivity index (χ1v) is 17.4. The Hall–Kier alpha value is -6.64. The van der Waals surface area contributed by atoms with E-state index in [0.29, 0.717) is 0 Å². The molecule has 0 spiro atoms. The molecule has 51 heavy (non-hydrogen) atoms. The molecule has 1 heterocycles. The van der Waals surface area contributed by atoms with Crippen molar-refractivity contribution in [3.63, 3.8) is 0 Å². The zero-order chi connectivity index (χ0) is 34.1. The van der Waals surface area contributed by atoms with Gasteiger partial charge in [0.2, 0.25) is 0 Å². The van der Waals surface area contributed by atoms with Crippen molar-refractivity contribution in [1.82, 2.24) is 0 Å². The minimum atomic E-state index is 0.898. The second-order valence-corrected chi connectivity index (χ2v) is 13.0. The van der Waals surface area contributed by atoms with Gasteiger partial charge in [-0.1, -0.05) is 152 Å². The molecule has 0 saturated carbocycles. The molecule has 9 aromatic rings. The molecule has 0 aliphatic rings. The van der Waals surface area contributed by atoms with Crippen LogP contribution in [0.15, 0.2) is 199 Å². The van der Waals surface area contributed by atoms with Crippen molar-refractivity contribution >= 4 is 38.8 Å². The number of hydrogen-bond donors (Lipinski definition) is 0. The second kappa shape index (κ2) is 13.0. The molecule has 0 N–H and O–H groups in total. The first kappa shape index (κ1) is 30.4. The topological polar surface area (TPSA) is 16.4 Å². The lowest BCUT2D eigenvalue weighted by Crippen LogP contribution is -2.11. The molecule has 8 aromatic carbocycles. The minimum Gasteiger partial charge on any atom is -0.456 e. The molecule has 9 rings (SSSR count). The van der Waals surface area contributed by atoms with E-state index >= 15 is 0 Å². The van der Waals surface area contributed by atoms with Crippen molar-refractivity contribution in [3.05, 3.63) is 200 Å². The summed E-state index contributed by atoms with van der Waals surface area (Å²) in [5.41, 5.74) is 13.4. The summed E-state index contributed by atoms with van der Waals surface area (Å²) in [6.45, 7) is 2.14. The van der Waals surface area contributed by atoms with Crippen LogP contribution in [0.5, 0.6) is 0 Å². The van der Waals surface area contributed by atoms with Crippen LogP contribution in [0.1, 0.15) is 5.56 Å². The number of aryl methyl sites for hydroxylation is 1. The largest absolute Gasteiger partial charge is 0.456 e. The third-order valence-electron chi connectivity index (χ3n) is 9.87. The summed E-state index contributed by atoms with van der Waals surface area (Å²) in [5.74, 6) is 0.898. The highest BCUT2D eigenvalue weighted by Crippen LogP contribution is 2.43. The van der Waals surface area contributed by atoms with E-state index < -0.39 is 0 Å². The van der Waals surface area contributed by atoms with Gasteiger partial charge in [0.15, 0.2) is 0 Å². The molecule has 0 fully saturated rings. The molecule has 0 atom stereocenters. The number of nitrogens with zero attached hydrogens (tertiary/aromatic N) is 1. The molecule has 1 aromatic heterocycles. The third kappa shape index (κ3) is 5.77. The van der Waals surface area contributed by atoms with Gasteiger partial charge < -0.3 is 9.32 Å². The Morgan fingerprint density at radius 2 is 1.00 bits per heavy atom. The zero-order valence-electron chi connectivity index (χ0n) is 28.3. The summed E-state index contributed by atoms with van der Waals surface area (Å²) in [5, 5.41) is 3.63. The summed E-state index contributed by atoms with van der Waals surface area (Å²) >= 11 is 0. The van der Waals surface area contributed by atoms with Crippen molar-refractivity contribution in [3.8, 4) is 44.7 Å². The Bertz CT molecular complexity index is 2630. The Morgan fingerprint density at radius 1 is 0.392 bits per heavy atom. The monoisotopic (exact) mass is 653 g/mol. The van der Waals surface area contributed by atoms with Gasteiger partial charge in [0, 0.05) is 33.5 Å². The van der Waals surface area contributed by atoms with Gasteiger partial charge >= 0.3 is 0 Å². The quantitative estimate of drug-likeness (QED) is 0.170. The van der Waals surface area contributed by atoms with Crippen LogP contribution in [0.3, 0.4) is 0 Å². The van der Waals surface area contributed by atoms with Gasteiger partial charge in [0.25, 0.3) is 0 Å². The smallest absolute Gasteiger partial charge is 0.138 e. The van der Waals surface area contributed by atoms with Crippen LogP contribution in [0.2, 0.25) is 0 Å². The van der Waals surface area contributed by atoms with Gasteiger partial charge in [-0.2, -0.15) is 0 Å². The maximum atomic E-state index is 6.45. The number of para-hydroxylation sites is 2. The van der Waals surface area contributed by atoms with E-state index in [9.17, 15) is 0 Å². The fourth-order valence-electron chi connectivity index (χ4n) is 7.22. The maximum Gasteiger partial charge on any atom is 0.138 e. The summed E-state index contributed by atoms with van der Waals surface area (Å²) in [7, 11) is 0. The van der Waals surface area contributed by atoms with Crippen LogP contribution in [0.4, 0.5) is 17.1 Å². The van der Waals surface area contributed by atoms with E-state index in [0.717, 1.165) is 56.0 Å². The number of furan rings is 1. The van der Waals surface area contributed by atoms with Crippen molar-refractivity contribution in [1.29, 1.82) is 0 Å². The SMILES string of the molecule is Cc1c(-c2cccc(N(c3ccc(-c4ccc5ccccc5c4)cc3)c3ccccc3-c3ccc(-c4ccccc4)cc3)c2)oc2ccccc12. The summed E-state index contributed by atoms with van der Waals surface area (Å²) < 4.78 is 6.45. The van der Waals surface area contributed by atoms with E-state index in [4.69, 9.17) is 4.42 Å². The third-order valence-corrected chi connectivity index (χ3v) is 9.87. The molecule has 0 bridgehead atoms. The second-order valence-electron chi connectivity index (χ2n) is 13.0. The molecule has 242 valence electrons. The summed E-state index contributed by atoms with van der Waals surface area (Å²) in [6.07, 6.45) is 0. The number of anilines is 3. The first-order valence-electron chi connectivity index (χ1n) is 17.4. The molecule has 0 radical (unpaired) electrons. The Labute approximate surface area is 298 Å². The lowest BCUT2D eigenvalue weighted by molar-refractivity contribution is 0.629. The fraction of sp³-hybridized carbons (Fsp3) is 0.0204. The van der Waals surface area contributed by atoms with Crippen LogP contribution < -0.4 is 4.90 Å². The highest BCUT2D eigenvalue weighted by atomic mass is 16.3. The Balaban J connectivity index is 1.17. The maximum absolute atomic E-state index is 6.45. The van der Waals surface area contributed by atoms with E-state index in [1.165, 1.54) is 33.0 Å². The molecule has 0 unspecified atom stereocenters. The Morgan fingerprint density at radius 3 is 1.82 bits per heavy atom. The number of benzene rings is 8. The minimum absolute atomic E-state index is 0.898. The van der Waals surface area contributed by atoms with Crippen LogP contribution >= 0.6 is 0 Å². The van der Waals surface area contributed by atoms with Gasteiger partial charge in [0.05, 0.1) is 5.69 Å². The van der Waals surface area contributed by atoms with Gasteiger partial charge in [-0.05, 0) is 88.0 Å². The van der Waals surface area contributed by atoms with Crippen LogP contribution in [-0.2, 0) is 0 Å². The molecule has 0 aliphatic heterocycles. The van der Waals surface area contributed by atoms with E-state index in [1.54, 1.807) is 0 Å². The van der Waals surface area contributed by atoms with Crippen LogP contribution in [-0.4, -0.2) is 0 Å². The molecular weight excluding hydrogens is 619 g/mol. The molecule has 2 nitrogen and oxygen atoms in total. The normalized spacial score (nSPS) is 11.2. The summed E-state index contributed by atoms with van der Waals surface area (Å²) in [4.78, 5) is 2.37. The summed E-state index contributed by atoms with van der Waals surface area (Å²) in [6, 6.07) is 69.2. The Kier molecular flexibility index (Phi) is 7.75. The van der Waals surface area contributed by atoms with Crippen molar-refractivity contribution in [2.24, 2.45) is 0 Å². The van der Waals surface area contributed by atoms with Crippen LogP contribution in [0, 0.1) is 6.92 Å². The van der Waals surface area contributed by atoms with Crippen molar-refractivity contribution < 1.29 is 4.42 Å². The van der Waals surface area contributed by atoms with Gasteiger partial charge in [-0.3, -0.25) is 0 Å². The lowest BCUT2D eigenvalue weighted by Gasteiger charge is -2.28. The van der Waals surface area contributed by atoms with Crippen LogP contribution in [0.25, 0.3) is 66.4 Å². The zero-order valence-corrected chi connectivity index (χ0v) is 28.3. The molecule has 0 saturated heterocycles. The lowest BCUT2D eigenvalue weighted by atomic mass is 9.97. The predicted octanol–water partition coefficient (Wildman–Crippen LogP) is 14.0. The molecule has 2 heteroatoms. The highest BCUT2D eigenvalue weighted by Gasteiger charge is 2.20.